The highest BCUT2D eigenvalue weighted by Gasteiger charge is 2.05. The molecule has 0 aromatic heterocycles. The predicted octanol–water partition coefficient (Wildman–Crippen LogP) is 1.77. The van der Waals surface area contributed by atoms with E-state index in [2.05, 4.69) is 23.8 Å². The van der Waals surface area contributed by atoms with Crippen LogP contribution >= 0.6 is 0 Å². The van der Waals surface area contributed by atoms with Crippen LogP contribution in [0.15, 0.2) is 23.5 Å². The summed E-state index contributed by atoms with van der Waals surface area (Å²) in [7, 11) is 1.85. The first kappa shape index (κ1) is 6.40. The third-order valence-electron chi connectivity index (χ3n) is 1.62. The molecule has 0 heterocycles. The van der Waals surface area contributed by atoms with Gasteiger partial charge in [0.1, 0.15) is 0 Å². The van der Waals surface area contributed by atoms with E-state index in [1.54, 1.807) is 0 Å². The lowest BCUT2D eigenvalue weighted by molar-refractivity contribution is 0.0850. The fourth-order valence-corrected chi connectivity index (χ4v) is 0.917. The van der Waals surface area contributed by atoms with E-state index < -0.39 is 0 Å². The fourth-order valence-electron chi connectivity index (χ4n) is 0.917. The average Bonchev–Trinajstić information content (AvgIpc) is 1.90. The summed E-state index contributed by atoms with van der Waals surface area (Å²) >= 11 is 0. The molecule has 0 atom stereocenters. The molecule has 0 saturated heterocycles. The van der Waals surface area contributed by atoms with Crippen molar-refractivity contribution in [3.63, 3.8) is 0 Å². The number of rotatable bonds is 1. The van der Waals surface area contributed by atoms with Gasteiger partial charge in [0.25, 0.3) is 0 Å². The average molecular weight is 125 g/mol. The van der Waals surface area contributed by atoms with E-state index in [0.717, 1.165) is 6.42 Å². The summed E-state index contributed by atoms with van der Waals surface area (Å²) in [6, 6.07) is 0. The van der Waals surface area contributed by atoms with Gasteiger partial charge in [0, 0.05) is 6.08 Å². The highest BCUT2D eigenvalue weighted by molar-refractivity contribution is 5.18. The first-order valence-corrected chi connectivity index (χ1v) is 3.29. The third-order valence-corrected chi connectivity index (χ3v) is 1.62. The van der Waals surface area contributed by atoms with E-state index in [1.165, 1.54) is 17.8 Å². The zero-order valence-corrected chi connectivity index (χ0v) is 6.02. The summed E-state index contributed by atoms with van der Waals surface area (Å²) in [5.41, 5.74) is 1.46. The Bertz CT molecular complexity index is 154. The van der Waals surface area contributed by atoms with Gasteiger partial charge in [-0.1, -0.05) is 11.6 Å². The van der Waals surface area contributed by atoms with E-state index in [-0.39, 0.29) is 0 Å². The Labute approximate surface area is 56.0 Å². The van der Waals surface area contributed by atoms with Gasteiger partial charge in [-0.25, -0.2) is 0 Å². The maximum absolute atomic E-state index is 4.10. The van der Waals surface area contributed by atoms with Crippen molar-refractivity contribution >= 4 is 0 Å². The van der Waals surface area contributed by atoms with E-state index >= 15 is 0 Å². The second-order valence-electron chi connectivity index (χ2n) is 2.39. The van der Waals surface area contributed by atoms with Crippen LogP contribution in [0, 0.1) is 0 Å². The molecule has 9 heavy (non-hydrogen) atoms. The van der Waals surface area contributed by atoms with Gasteiger partial charge in [-0.15, -0.1) is 0 Å². The smallest absolute Gasteiger partial charge is 0.229 e. The second kappa shape index (κ2) is 2.72. The van der Waals surface area contributed by atoms with E-state index in [4.69, 9.17) is 0 Å². The molecule has 0 aromatic rings. The standard InChI is InChI=1S/C8H12O/c1-7-3-5-8(9-2)6-4-7/h3,5H,4,6H2,1-2H3/p+1. The zero-order chi connectivity index (χ0) is 6.69. The van der Waals surface area contributed by atoms with Gasteiger partial charge in [0.2, 0.25) is 5.76 Å². The number of ether oxygens (including phenoxy) is 1. The Morgan fingerprint density at radius 2 is 2.11 bits per heavy atom. The summed E-state index contributed by atoms with van der Waals surface area (Å²) in [6.07, 6.45) is 6.55. The monoisotopic (exact) mass is 125 g/mol. The molecule has 0 unspecified atom stereocenters. The summed E-state index contributed by atoms with van der Waals surface area (Å²) in [6.45, 7) is 2.16. The first-order valence-electron chi connectivity index (χ1n) is 3.29. The Kier molecular flexibility index (Phi) is 1.93. The van der Waals surface area contributed by atoms with Gasteiger partial charge in [-0.05, 0) is 13.3 Å². The Morgan fingerprint density at radius 1 is 1.33 bits per heavy atom. The molecule has 1 aliphatic carbocycles. The van der Waals surface area contributed by atoms with Crippen molar-refractivity contribution in [2.24, 2.45) is 0 Å². The van der Waals surface area contributed by atoms with Crippen LogP contribution < -0.4 is 0 Å². The molecule has 1 rings (SSSR count). The molecule has 0 aromatic carbocycles. The fraction of sp³-hybridized carbons (Fsp3) is 0.500. The van der Waals surface area contributed by atoms with Crippen LogP contribution in [0.1, 0.15) is 19.8 Å². The zero-order valence-electron chi connectivity index (χ0n) is 6.02. The van der Waals surface area contributed by atoms with Crippen LogP contribution in [-0.4, -0.2) is 11.8 Å². The van der Waals surface area contributed by atoms with Crippen molar-refractivity contribution in [1.82, 2.24) is 0 Å². The van der Waals surface area contributed by atoms with Crippen LogP contribution in [0.2, 0.25) is 0 Å². The number of aliphatic hydroxyl groups is 2. The summed E-state index contributed by atoms with van der Waals surface area (Å²) in [5.74, 6) is 1.22. The van der Waals surface area contributed by atoms with E-state index in [9.17, 15) is 0 Å². The molecule has 0 amide bonds. The lowest BCUT2D eigenvalue weighted by Crippen LogP contribution is -1.95. The quantitative estimate of drug-likeness (QED) is 0.474. The Morgan fingerprint density at radius 3 is 2.56 bits per heavy atom. The lowest BCUT2D eigenvalue weighted by Gasteiger charge is -2.06. The van der Waals surface area contributed by atoms with Gasteiger partial charge in [0.15, 0.2) is 7.11 Å². The van der Waals surface area contributed by atoms with Crippen LogP contribution in [0.4, 0.5) is 0 Å². The molecule has 0 spiro atoms. The molecule has 50 valence electrons. The summed E-state index contributed by atoms with van der Waals surface area (Å²) in [4.78, 5) is 0. The minimum absolute atomic E-state index is 1.12. The van der Waals surface area contributed by atoms with Gasteiger partial charge >= 0.3 is 0 Å². The van der Waals surface area contributed by atoms with Crippen LogP contribution in [-0.2, 0) is 0 Å². The molecular weight excluding hydrogens is 112 g/mol. The maximum atomic E-state index is 4.10. The molecule has 1 heteroatoms. The number of hydrogen-bond acceptors (Lipinski definition) is 0. The van der Waals surface area contributed by atoms with Crippen molar-refractivity contribution in [2.75, 3.05) is 7.11 Å². The molecule has 0 aliphatic heterocycles. The van der Waals surface area contributed by atoms with Gasteiger partial charge in [-0.2, -0.15) is 0 Å². The third kappa shape index (κ3) is 1.60. The molecular formula is C8H13O+. The molecule has 0 bridgehead atoms. The highest BCUT2D eigenvalue weighted by atomic mass is 16.5. The van der Waals surface area contributed by atoms with Crippen molar-refractivity contribution < 1.29 is 4.74 Å². The second-order valence-corrected chi connectivity index (χ2v) is 2.39. The molecule has 1 aliphatic rings. The molecule has 0 radical (unpaired) electrons. The highest BCUT2D eigenvalue weighted by Crippen LogP contribution is 2.15. The van der Waals surface area contributed by atoms with Crippen molar-refractivity contribution in [1.29, 1.82) is 0 Å². The summed E-state index contributed by atoms with van der Waals surface area (Å²) in [5, 5.41) is 0. The van der Waals surface area contributed by atoms with Crippen LogP contribution in [0.3, 0.4) is 0 Å². The predicted molar refractivity (Wildman–Crippen MR) is 39.2 cm³/mol. The van der Waals surface area contributed by atoms with Crippen LogP contribution in [0.25, 0.3) is 0 Å². The van der Waals surface area contributed by atoms with Crippen molar-refractivity contribution in [3.8, 4) is 0 Å². The Hall–Kier alpha value is -0.720. The lowest BCUT2D eigenvalue weighted by atomic mass is 10.1. The molecule has 1 N–H and O–H groups in total. The van der Waals surface area contributed by atoms with Crippen molar-refractivity contribution in [2.45, 2.75) is 19.8 Å². The van der Waals surface area contributed by atoms with Gasteiger partial charge < -0.3 is 4.74 Å². The SMILES string of the molecule is C[OH+]C1=CC=C(C)CC1. The maximum Gasteiger partial charge on any atom is 0.229 e. The number of allylic oxidation sites excluding steroid dienone is 4. The van der Waals surface area contributed by atoms with Crippen LogP contribution in [0.5, 0.6) is 0 Å². The minimum atomic E-state index is 1.12. The topological polar surface area (TPSA) is 12.8 Å². The minimum Gasteiger partial charge on any atom is -0.588 e. The van der Waals surface area contributed by atoms with Crippen molar-refractivity contribution in [3.05, 3.63) is 23.5 Å². The molecule has 1 nitrogen and oxygen atoms in total. The van der Waals surface area contributed by atoms with Gasteiger partial charge in [0.05, 0.1) is 6.42 Å². The summed E-state index contributed by atoms with van der Waals surface area (Å²) < 4.78 is 4.10. The number of hydrogen-bond donors (Lipinski definition) is 0. The Balaban J connectivity index is 2.59. The van der Waals surface area contributed by atoms with E-state index in [1.807, 2.05) is 7.11 Å². The normalized spacial score (nSPS) is 18.4. The first-order chi connectivity index (χ1) is 4.33. The molecule has 0 fully saturated rings. The van der Waals surface area contributed by atoms with Gasteiger partial charge in [-0.3, -0.25) is 0 Å². The molecule has 0 saturated carbocycles. The van der Waals surface area contributed by atoms with E-state index in [0.29, 0.717) is 0 Å². The largest absolute Gasteiger partial charge is 0.588 e.